The SMILES string of the molecule is CC(=O)Nc1ccc(C(=O)NC2CCCC2)o1. The van der Waals surface area contributed by atoms with Crippen molar-refractivity contribution in [2.45, 2.75) is 38.6 Å². The number of amides is 2. The Morgan fingerprint density at radius 3 is 2.65 bits per heavy atom. The highest BCUT2D eigenvalue weighted by atomic mass is 16.4. The molecule has 1 aliphatic rings. The van der Waals surface area contributed by atoms with Gasteiger partial charge in [-0.05, 0) is 18.9 Å². The molecule has 2 N–H and O–H groups in total. The van der Waals surface area contributed by atoms with Crippen LogP contribution in [0.5, 0.6) is 0 Å². The summed E-state index contributed by atoms with van der Waals surface area (Å²) in [4.78, 5) is 22.6. The molecule has 1 heterocycles. The maximum absolute atomic E-state index is 11.8. The summed E-state index contributed by atoms with van der Waals surface area (Å²) in [6.45, 7) is 1.39. The van der Waals surface area contributed by atoms with E-state index in [1.807, 2.05) is 0 Å². The third kappa shape index (κ3) is 3.09. The maximum Gasteiger partial charge on any atom is 0.287 e. The largest absolute Gasteiger partial charge is 0.435 e. The average Bonchev–Trinajstić information content (AvgIpc) is 2.87. The second-order valence-corrected chi connectivity index (χ2v) is 4.30. The maximum atomic E-state index is 11.8. The van der Waals surface area contributed by atoms with Crippen LogP contribution in [-0.4, -0.2) is 17.9 Å². The topological polar surface area (TPSA) is 71.3 Å². The zero-order valence-electron chi connectivity index (χ0n) is 9.79. The zero-order valence-corrected chi connectivity index (χ0v) is 9.79. The Hall–Kier alpha value is -1.78. The van der Waals surface area contributed by atoms with Crippen molar-refractivity contribution in [3.63, 3.8) is 0 Å². The molecule has 1 aromatic rings. The first-order valence-electron chi connectivity index (χ1n) is 5.83. The lowest BCUT2D eigenvalue weighted by Crippen LogP contribution is -2.32. The molecule has 1 aliphatic carbocycles. The van der Waals surface area contributed by atoms with Gasteiger partial charge in [0, 0.05) is 19.0 Å². The van der Waals surface area contributed by atoms with E-state index in [0.717, 1.165) is 12.8 Å². The minimum atomic E-state index is -0.220. The zero-order chi connectivity index (χ0) is 12.3. The molecule has 1 fully saturated rings. The van der Waals surface area contributed by atoms with Crippen LogP contribution in [0.3, 0.4) is 0 Å². The fraction of sp³-hybridized carbons (Fsp3) is 0.500. The number of carbonyl (C=O) groups excluding carboxylic acids is 2. The lowest BCUT2D eigenvalue weighted by Gasteiger charge is -2.09. The van der Waals surface area contributed by atoms with Crippen LogP contribution in [0.25, 0.3) is 0 Å². The minimum absolute atomic E-state index is 0.214. The van der Waals surface area contributed by atoms with E-state index in [1.165, 1.54) is 19.8 Å². The van der Waals surface area contributed by atoms with Gasteiger partial charge in [0.1, 0.15) is 0 Å². The van der Waals surface area contributed by atoms with Gasteiger partial charge < -0.3 is 9.73 Å². The quantitative estimate of drug-likeness (QED) is 0.842. The van der Waals surface area contributed by atoms with Gasteiger partial charge in [-0.1, -0.05) is 12.8 Å². The number of hydrogen-bond acceptors (Lipinski definition) is 3. The van der Waals surface area contributed by atoms with E-state index in [0.29, 0.717) is 5.88 Å². The molecule has 92 valence electrons. The van der Waals surface area contributed by atoms with Gasteiger partial charge in [0.15, 0.2) is 11.6 Å². The highest BCUT2D eigenvalue weighted by molar-refractivity contribution is 5.93. The molecule has 0 saturated heterocycles. The van der Waals surface area contributed by atoms with Gasteiger partial charge in [0.25, 0.3) is 5.91 Å². The van der Waals surface area contributed by atoms with Crippen molar-refractivity contribution in [2.75, 3.05) is 5.32 Å². The normalized spacial score (nSPS) is 15.8. The van der Waals surface area contributed by atoms with E-state index in [4.69, 9.17) is 4.42 Å². The summed E-state index contributed by atoms with van der Waals surface area (Å²) in [5.74, 6) is 0.102. The Bertz CT molecular complexity index is 419. The molecule has 0 atom stereocenters. The van der Waals surface area contributed by atoms with Crippen molar-refractivity contribution in [2.24, 2.45) is 0 Å². The van der Waals surface area contributed by atoms with Crippen molar-refractivity contribution in [1.82, 2.24) is 5.32 Å². The molecular weight excluding hydrogens is 220 g/mol. The molecule has 0 aliphatic heterocycles. The van der Waals surface area contributed by atoms with Gasteiger partial charge in [-0.3, -0.25) is 14.9 Å². The first kappa shape index (κ1) is 11.7. The third-order valence-electron chi connectivity index (χ3n) is 2.82. The molecule has 5 nitrogen and oxygen atoms in total. The fourth-order valence-corrected chi connectivity index (χ4v) is 2.03. The third-order valence-corrected chi connectivity index (χ3v) is 2.82. The highest BCUT2D eigenvalue weighted by Gasteiger charge is 2.19. The molecule has 0 bridgehead atoms. The van der Waals surface area contributed by atoms with Crippen LogP contribution in [0, 0.1) is 0 Å². The molecule has 0 radical (unpaired) electrons. The summed E-state index contributed by atoms with van der Waals surface area (Å²) in [5.41, 5.74) is 0. The van der Waals surface area contributed by atoms with Gasteiger partial charge in [-0.15, -0.1) is 0 Å². The predicted octanol–water partition coefficient (Wildman–Crippen LogP) is 1.91. The van der Waals surface area contributed by atoms with Gasteiger partial charge in [-0.25, -0.2) is 0 Å². The average molecular weight is 236 g/mol. The molecule has 0 unspecified atom stereocenters. The highest BCUT2D eigenvalue weighted by Crippen LogP contribution is 2.19. The summed E-state index contributed by atoms with van der Waals surface area (Å²) in [7, 11) is 0. The Labute approximate surface area is 99.6 Å². The number of rotatable bonds is 3. The molecule has 1 saturated carbocycles. The van der Waals surface area contributed by atoms with E-state index < -0.39 is 0 Å². The van der Waals surface area contributed by atoms with Gasteiger partial charge in [0.2, 0.25) is 5.91 Å². The predicted molar refractivity (Wildman–Crippen MR) is 62.7 cm³/mol. The number of anilines is 1. The summed E-state index contributed by atoms with van der Waals surface area (Å²) in [6.07, 6.45) is 4.40. The van der Waals surface area contributed by atoms with Crippen LogP contribution in [0.15, 0.2) is 16.5 Å². The van der Waals surface area contributed by atoms with E-state index in [2.05, 4.69) is 10.6 Å². The first-order chi connectivity index (χ1) is 8.15. The lowest BCUT2D eigenvalue weighted by atomic mass is 10.2. The summed E-state index contributed by atoms with van der Waals surface area (Å²) >= 11 is 0. The minimum Gasteiger partial charge on any atom is -0.435 e. The molecule has 0 aromatic carbocycles. The fourth-order valence-electron chi connectivity index (χ4n) is 2.03. The number of furan rings is 1. The standard InChI is InChI=1S/C12H16N2O3/c1-8(15)13-11-7-6-10(17-11)12(16)14-9-4-2-3-5-9/h6-7,9H,2-5H2,1H3,(H,13,15)(H,14,16). The Morgan fingerprint density at radius 2 is 2.00 bits per heavy atom. The van der Waals surface area contributed by atoms with Crippen LogP contribution in [0.1, 0.15) is 43.2 Å². The first-order valence-corrected chi connectivity index (χ1v) is 5.83. The lowest BCUT2D eigenvalue weighted by molar-refractivity contribution is -0.114. The van der Waals surface area contributed by atoms with Crippen LogP contribution in [-0.2, 0) is 4.79 Å². The Morgan fingerprint density at radius 1 is 1.29 bits per heavy atom. The van der Waals surface area contributed by atoms with Crippen molar-refractivity contribution in [1.29, 1.82) is 0 Å². The smallest absolute Gasteiger partial charge is 0.287 e. The summed E-state index contributed by atoms with van der Waals surface area (Å²) in [6, 6.07) is 3.40. The van der Waals surface area contributed by atoms with Crippen molar-refractivity contribution in [3.05, 3.63) is 17.9 Å². The summed E-state index contributed by atoms with van der Waals surface area (Å²) < 4.78 is 5.22. The molecule has 5 heteroatoms. The van der Waals surface area contributed by atoms with Gasteiger partial charge in [0.05, 0.1) is 0 Å². The second kappa shape index (κ2) is 5.03. The van der Waals surface area contributed by atoms with Gasteiger partial charge in [-0.2, -0.15) is 0 Å². The summed E-state index contributed by atoms with van der Waals surface area (Å²) in [5, 5.41) is 5.40. The van der Waals surface area contributed by atoms with E-state index in [1.54, 1.807) is 12.1 Å². The van der Waals surface area contributed by atoms with Crippen molar-refractivity contribution < 1.29 is 14.0 Å². The Balaban J connectivity index is 1.94. The number of nitrogens with one attached hydrogen (secondary N) is 2. The van der Waals surface area contributed by atoms with Crippen LogP contribution in [0.2, 0.25) is 0 Å². The van der Waals surface area contributed by atoms with Gasteiger partial charge >= 0.3 is 0 Å². The number of hydrogen-bond donors (Lipinski definition) is 2. The molecule has 2 amide bonds. The Kier molecular flexibility index (Phi) is 3.46. The van der Waals surface area contributed by atoms with E-state index >= 15 is 0 Å². The number of carbonyl (C=O) groups is 2. The van der Waals surface area contributed by atoms with Crippen LogP contribution < -0.4 is 10.6 Å². The van der Waals surface area contributed by atoms with E-state index in [-0.39, 0.29) is 23.6 Å². The molecule has 0 spiro atoms. The van der Waals surface area contributed by atoms with Crippen molar-refractivity contribution in [3.8, 4) is 0 Å². The monoisotopic (exact) mass is 236 g/mol. The molecule has 1 aromatic heterocycles. The van der Waals surface area contributed by atoms with Crippen molar-refractivity contribution >= 4 is 17.7 Å². The van der Waals surface area contributed by atoms with Crippen LogP contribution in [0.4, 0.5) is 5.88 Å². The molecule has 17 heavy (non-hydrogen) atoms. The molecular formula is C12H16N2O3. The van der Waals surface area contributed by atoms with E-state index in [9.17, 15) is 9.59 Å². The molecule has 2 rings (SSSR count). The second-order valence-electron chi connectivity index (χ2n) is 4.30. The van der Waals surface area contributed by atoms with Crippen LogP contribution >= 0.6 is 0 Å².